The molecule has 0 unspecified atom stereocenters. The largest absolute Gasteiger partial charge is 0.463 e. The molecule has 1 aromatic carbocycles. The molecule has 0 saturated carbocycles. The lowest BCUT2D eigenvalue weighted by Gasteiger charge is -2.23. The first kappa shape index (κ1) is 16.3. The monoisotopic (exact) mass is 341 g/mol. The van der Waals surface area contributed by atoms with Gasteiger partial charge in [-0.25, -0.2) is 0 Å². The van der Waals surface area contributed by atoms with Crippen LogP contribution < -0.4 is 4.90 Å². The highest BCUT2D eigenvalue weighted by Crippen LogP contribution is 2.52. The zero-order valence-corrected chi connectivity index (χ0v) is 14.8. The molecule has 1 aromatic rings. The average Bonchev–Trinajstić information content (AvgIpc) is 3.22. The van der Waals surface area contributed by atoms with Crippen LogP contribution in [0.2, 0.25) is 0 Å². The number of carbonyl (C=O) groups excluding carboxylic acids is 2. The molecule has 4 atom stereocenters. The topological polar surface area (TPSA) is 55.8 Å². The van der Waals surface area contributed by atoms with Gasteiger partial charge in [0, 0.05) is 5.69 Å². The van der Waals surface area contributed by atoms with Crippen LogP contribution in [0.5, 0.6) is 0 Å². The fourth-order valence-corrected chi connectivity index (χ4v) is 4.21. The van der Waals surface area contributed by atoms with E-state index in [1.807, 2.05) is 50.3 Å². The quantitative estimate of drug-likeness (QED) is 0.624. The van der Waals surface area contributed by atoms with Gasteiger partial charge < -0.3 is 14.4 Å². The highest BCUT2D eigenvalue weighted by molar-refractivity contribution is 6.02. The van der Waals surface area contributed by atoms with Gasteiger partial charge in [0.05, 0.1) is 24.7 Å². The molecule has 5 heteroatoms. The van der Waals surface area contributed by atoms with Gasteiger partial charge in [-0.3, -0.25) is 9.59 Å². The summed E-state index contributed by atoms with van der Waals surface area (Å²) < 4.78 is 11.5. The summed E-state index contributed by atoms with van der Waals surface area (Å²) in [6.07, 6.45) is 4.25. The number of ether oxygens (including phenoxy) is 2. The molecule has 4 rings (SSSR count). The molecule has 3 aliphatic heterocycles. The molecule has 2 fully saturated rings. The van der Waals surface area contributed by atoms with Crippen LogP contribution in [-0.4, -0.2) is 36.2 Å². The number of amides is 1. The number of nitrogens with zero attached hydrogens (tertiary/aromatic N) is 1. The second-order valence-corrected chi connectivity index (χ2v) is 7.33. The molecule has 2 saturated heterocycles. The van der Waals surface area contributed by atoms with Gasteiger partial charge in [-0.2, -0.15) is 0 Å². The van der Waals surface area contributed by atoms with Crippen LogP contribution in [0.15, 0.2) is 36.4 Å². The summed E-state index contributed by atoms with van der Waals surface area (Å²) in [5.41, 5.74) is 1.37. The molecule has 0 N–H and O–H groups in total. The Morgan fingerprint density at radius 2 is 2.08 bits per heavy atom. The third-order valence-electron chi connectivity index (χ3n) is 5.38. The van der Waals surface area contributed by atoms with E-state index >= 15 is 0 Å². The Morgan fingerprint density at radius 3 is 2.72 bits per heavy atom. The van der Waals surface area contributed by atoms with Gasteiger partial charge in [-0.1, -0.05) is 31.2 Å². The van der Waals surface area contributed by atoms with Gasteiger partial charge in [0.2, 0.25) is 5.91 Å². The van der Waals surface area contributed by atoms with Crippen LogP contribution in [0.25, 0.3) is 0 Å². The number of fused-ring (bicyclic) bond motifs is 1. The lowest BCUT2D eigenvalue weighted by Crippen LogP contribution is -2.40. The first-order chi connectivity index (χ1) is 11.9. The Bertz CT molecular complexity index is 739. The maximum Gasteiger partial charge on any atom is 0.313 e. The average molecular weight is 341 g/mol. The molecule has 1 amide bonds. The third-order valence-corrected chi connectivity index (χ3v) is 5.38. The molecule has 132 valence electrons. The van der Waals surface area contributed by atoms with Crippen molar-refractivity contribution in [1.29, 1.82) is 0 Å². The third kappa shape index (κ3) is 2.41. The van der Waals surface area contributed by atoms with Crippen LogP contribution in [0, 0.1) is 11.8 Å². The van der Waals surface area contributed by atoms with Crippen molar-refractivity contribution < 1.29 is 19.1 Å². The number of aryl methyl sites for hydroxylation is 1. The maximum atomic E-state index is 13.1. The molecule has 0 aromatic heterocycles. The van der Waals surface area contributed by atoms with E-state index in [0.29, 0.717) is 6.54 Å². The zero-order valence-electron chi connectivity index (χ0n) is 14.8. The summed E-state index contributed by atoms with van der Waals surface area (Å²) in [7, 11) is 0. The molecule has 0 aliphatic carbocycles. The standard InChI is InChI=1S/C20H23NO4/c1-4-13-5-7-14(8-6-13)21-11-20-10-9-15(25-20)16(17(20)18(21)22)19(23)24-12(2)3/h5-10,12,15-17H,4,11H2,1-3H3/t15-,16-,17-,20+/m0/s1. The molecule has 25 heavy (non-hydrogen) atoms. The van der Waals surface area contributed by atoms with Crippen LogP contribution >= 0.6 is 0 Å². The fraction of sp³-hybridized carbons (Fsp3) is 0.500. The zero-order chi connectivity index (χ0) is 17.8. The Balaban J connectivity index is 1.64. The number of esters is 1. The van der Waals surface area contributed by atoms with Gasteiger partial charge in [0.25, 0.3) is 0 Å². The van der Waals surface area contributed by atoms with Crippen molar-refractivity contribution in [2.24, 2.45) is 11.8 Å². The van der Waals surface area contributed by atoms with Crippen molar-refractivity contribution in [3.05, 3.63) is 42.0 Å². The van der Waals surface area contributed by atoms with E-state index in [2.05, 4.69) is 6.92 Å². The van der Waals surface area contributed by atoms with Gasteiger partial charge in [0.15, 0.2) is 0 Å². The molecule has 1 spiro atoms. The molecule has 3 heterocycles. The number of anilines is 1. The number of benzene rings is 1. The summed E-state index contributed by atoms with van der Waals surface area (Å²) in [6, 6.07) is 8.00. The van der Waals surface area contributed by atoms with Gasteiger partial charge in [-0.05, 0) is 38.0 Å². The molecular formula is C20H23NO4. The van der Waals surface area contributed by atoms with Gasteiger partial charge in [0.1, 0.15) is 11.5 Å². The van der Waals surface area contributed by atoms with Crippen LogP contribution in [-0.2, 0) is 25.5 Å². The summed E-state index contributed by atoms with van der Waals surface area (Å²) in [5.74, 6) is -1.45. The van der Waals surface area contributed by atoms with Crippen LogP contribution in [0.3, 0.4) is 0 Å². The van der Waals surface area contributed by atoms with Crippen molar-refractivity contribution in [2.45, 2.75) is 45.0 Å². The Hall–Kier alpha value is -2.14. The summed E-state index contributed by atoms with van der Waals surface area (Å²) >= 11 is 0. The minimum Gasteiger partial charge on any atom is -0.463 e. The predicted octanol–water partition coefficient (Wildman–Crippen LogP) is 2.49. The summed E-state index contributed by atoms with van der Waals surface area (Å²) in [6.45, 7) is 6.17. The second kappa shape index (κ2) is 5.70. The van der Waals surface area contributed by atoms with E-state index in [0.717, 1.165) is 12.1 Å². The number of hydrogen-bond donors (Lipinski definition) is 0. The molecule has 3 aliphatic rings. The first-order valence-corrected chi connectivity index (χ1v) is 8.93. The first-order valence-electron chi connectivity index (χ1n) is 8.93. The highest BCUT2D eigenvalue weighted by atomic mass is 16.6. The normalized spacial score (nSPS) is 32.6. The number of carbonyl (C=O) groups is 2. The molecular weight excluding hydrogens is 318 g/mol. The van der Waals surface area contributed by atoms with Gasteiger partial charge in [-0.15, -0.1) is 0 Å². The molecule has 5 nitrogen and oxygen atoms in total. The predicted molar refractivity (Wildman–Crippen MR) is 93.1 cm³/mol. The van der Waals surface area contributed by atoms with E-state index < -0.39 is 17.4 Å². The van der Waals surface area contributed by atoms with E-state index in [-0.39, 0.29) is 24.1 Å². The van der Waals surface area contributed by atoms with E-state index in [1.165, 1.54) is 5.56 Å². The molecule has 0 radical (unpaired) electrons. The lowest BCUT2D eigenvalue weighted by atomic mass is 9.77. The van der Waals surface area contributed by atoms with E-state index in [9.17, 15) is 9.59 Å². The Labute approximate surface area is 147 Å². The van der Waals surface area contributed by atoms with Crippen molar-refractivity contribution in [3.63, 3.8) is 0 Å². The van der Waals surface area contributed by atoms with Crippen molar-refractivity contribution in [2.75, 3.05) is 11.4 Å². The number of rotatable bonds is 4. The SMILES string of the molecule is CCc1ccc(N2C[C@@]34C=C[C@H](O3)[C@H](C(=O)OC(C)C)[C@H]4C2=O)cc1. The van der Waals surface area contributed by atoms with Crippen molar-refractivity contribution >= 4 is 17.6 Å². The highest BCUT2D eigenvalue weighted by Gasteiger charge is 2.67. The number of hydrogen-bond acceptors (Lipinski definition) is 4. The molecule has 2 bridgehead atoms. The van der Waals surface area contributed by atoms with Gasteiger partial charge >= 0.3 is 5.97 Å². The smallest absolute Gasteiger partial charge is 0.313 e. The minimum atomic E-state index is -0.703. The van der Waals surface area contributed by atoms with Crippen molar-refractivity contribution in [3.8, 4) is 0 Å². The van der Waals surface area contributed by atoms with Crippen LogP contribution in [0.1, 0.15) is 26.3 Å². The van der Waals surface area contributed by atoms with E-state index in [1.54, 1.807) is 4.90 Å². The summed E-state index contributed by atoms with van der Waals surface area (Å²) in [4.78, 5) is 27.4. The second-order valence-electron chi connectivity index (χ2n) is 7.33. The maximum absolute atomic E-state index is 13.1. The Morgan fingerprint density at radius 1 is 1.36 bits per heavy atom. The van der Waals surface area contributed by atoms with Crippen LogP contribution in [0.4, 0.5) is 5.69 Å². The fourth-order valence-electron chi connectivity index (χ4n) is 4.21. The lowest BCUT2D eigenvalue weighted by molar-refractivity contribution is -0.156. The van der Waals surface area contributed by atoms with Crippen molar-refractivity contribution in [1.82, 2.24) is 0 Å². The van der Waals surface area contributed by atoms with E-state index in [4.69, 9.17) is 9.47 Å². The minimum absolute atomic E-state index is 0.0539. The summed E-state index contributed by atoms with van der Waals surface area (Å²) in [5, 5.41) is 0. The Kier molecular flexibility index (Phi) is 3.72.